The average Bonchev–Trinajstić information content (AvgIpc) is 2.80. The molecule has 0 aliphatic heterocycles. The first-order valence-electron chi connectivity index (χ1n) is 6.93. The molecule has 7 nitrogen and oxygen atoms in total. The number of nitrogens with one attached hydrogen (secondary N) is 1. The molecule has 7 heteroatoms. The van der Waals surface area contributed by atoms with Crippen LogP contribution in [-0.4, -0.2) is 20.6 Å². The Morgan fingerprint density at radius 2 is 2.00 bits per heavy atom. The van der Waals surface area contributed by atoms with E-state index in [1.54, 1.807) is 20.8 Å². The molecular weight excluding hydrogens is 284 g/mol. The standard InChI is InChI=1S/C15H18N4O3/c1-10-14(19(21)22)11(2)18(17-10)12(3)15(20)16-9-13-7-5-4-6-8-13/h4-8,12H,9H2,1-3H3,(H,16,20)/t12-/m1/s1. The summed E-state index contributed by atoms with van der Waals surface area (Å²) in [6, 6.07) is 8.92. The van der Waals surface area contributed by atoms with Gasteiger partial charge in [-0.15, -0.1) is 0 Å². The molecule has 1 heterocycles. The van der Waals surface area contributed by atoms with Gasteiger partial charge in [0.25, 0.3) is 0 Å². The van der Waals surface area contributed by atoms with Crippen molar-refractivity contribution in [3.8, 4) is 0 Å². The van der Waals surface area contributed by atoms with E-state index in [0.29, 0.717) is 17.9 Å². The van der Waals surface area contributed by atoms with Crippen LogP contribution < -0.4 is 5.32 Å². The third-order valence-electron chi connectivity index (χ3n) is 3.53. The Bertz CT molecular complexity index is 694. The minimum absolute atomic E-state index is 0.0392. The number of aryl methyl sites for hydroxylation is 1. The van der Waals surface area contributed by atoms with Gasteiger partial charge in [0.1, 0.15) is 17.4 Å². The molecule has 0 aliphatic carbocycles. The highest BCUT2D eigenvalue weighted by molar-refractivity contribution is 5.80. The number of rotatable bonds is 5. The summed E-state index contributed by atoms with van der Waals surface area (Å²) in [5.74, 6) is -0.232. The van der Waals surface area contributed by atoms with Gasteiger partial charge in [-0.3, -0.25) is 19.6 Å². The largest absolute Gasteiger partial charge is 0.350 e. The molecular formula is C15H18N4O3. The Morgan fingerprint density at radius 3 is 2.55 bits per heavy atom. The van der Waals surface area contributed by atoms with E-state index in [9.17, 15) is 14.9 Å². The van der Waals surface area contributed by atoms with Crippen LogP contribution in [0.15, 0.2) is 30.3 Å². The molecule has 116 valence electrons. The number of carbonyl (C=O) groups is 1. The maximum absolute atomic E-state index is 12.2. The topological polar surface area (TPSA) is 90.1 Å². The Morgan fingerprint density at radius 1 is 1.36 bits per heavy atom. The summed E-state index contributed by atoms with van der Waals surface area (Å²) in [5.41, 5.74) is 1.64. The number of carbonyl (C=O) groups excluding carboxylic acids is 1. The van der Waals surface area contributed by atoms with Crippen molar-refractivity contribution >= 4 is 11.6 Å². The number of hydrogen-bond acceptors (Lipinski definition) is 4. The van der Waals surface area contributed by atoms with Crippen molar-refractivity contribution in [1.82, 2.24) is 15.1 Å². The van der Waals surface area contributed by atoms with E-state index >= 15 is 0 Å². The zero-order chi connectivity index (χ0) is 16.3. The van der Waals surface area contributed by atoms with Crippen LogP contribution in [0.25, 0.3) is 0 Å². The Kier molecular flexibility index (Phi) is 4.55. The molecule has 0 fully saturated rings. The van der Waals surface area contributed by atoms with Crippen molar-refractivity contribution in [2.45, 2.75) is 33.4 Å². The monoisotopic (exact) mass is 302 g/mol. The molecule has 0 saturated carbocycles. The van der Waals surface area contributed by atoms with Crippen LogP contribution in [0.2, 0.25) is 0 Å². The van der Waals surface area contributed by atoms with Gasteiger partial charge in [-0.25, -0.2) is 0 Å². The molecule has 1 N–H and O–H groups in total. The summed E-state index contributed by atoms with van der Waals surface area (Å²) >= 11 is 0. The SMILES string of the molecule is Cc1nn([C@H](C)C(=O)NCc2ccccc2)c(C)c1[N+](=O)[O-]. The van der Waals surface area contributed by atoms with Crippen molar-refractivity contribution in [1.29, 1.82) is 0 Å². The summed E-state index contributed by atoms with van der Waals surface area (Å²) in [6.45, 7) is 5.24. The van der Waals surface area contributed by atoms with Crippen LogP contribution in [0.4, 0.5) is 5.69 Å². The summed E-state index contributed by atoms with van der Waals surface area (Å²) in [4.78, 5) is 22.8. The number of hydrogen-bond donors (Lipinski definition) is 1. The van der Waals surface area contributed by atoms with Crippen molar-refractivity contribution in [3.63, 3.8) is 0 Å². The predicted octanol–water partition coefficient (Wildman–Crippen LogP) is 2.29. The molecule has 1 aromatic carbocycles. The molecule has 1 atom stereocenters. The van der Waals surface area contributed by atoms with Gasteiger partial charge in [0.15, 0.2) is 0 Å². The second-order valence-electron chi connectivity index (χ2n) is 5.10. The lowest BCUT2D eigenvalue weighted by atomic mass is 10.2. The molecule has 2 aromatic rings. The number of amides is 1. The minimum atomic E-state index is -0.615. The fourth-order valence-electron chi connectivity index (χ4n) is 2.34. The highest BCUT2D eigenvalue weighted by atomic mass is 16.6. The van der Waals surface area contributed by atoms with Gasteiger partial charge in [0, 0.05) is 6.54 Å². The Hall–Kier alpha value is -2.70. The third-order valence-corrected chi connectivity index (χ3v) is 3.53. The molecule has 1 aromatic heterocycles. The molecule has 1 amide bonds. The van der Waals surface area contributed by atoms with Gasteiger partial charge in [-0.1, -0.05) is 30.3 Å². The van der Waals surface area contributed by atoms with Gasteiger partial charge in [0.05, 0.1) is 4.92 Å². The normalized spacial score (nSPS) is 12.0. The maximum atomic E-state index is 12.2. The van der Waals surface area contributed by atoms with E-state index in [2.05, 4.69) is 10.4 Å². The van der Waals surface area contributed by atoms with Crippen LogP contribution in [-0.2, 0) is 11.3 Å². The van der Waals surface area contributed by atoms with Gasteiger partial charge in [0.2, 0.25) is 5.91 Å². The molecule has 0 unspecified atom stereocenters. The minimum Gasteiger partial charge on any atom is -0.350 e. The second-order valence-corrected chi connectivity index (χ2v) is 5.10. The Balaban J connectivity index is 2.11. The predicted molar refractivity (Wildman–Crippen MR) is 81.4 cm³/mol. The summed E-state index contributed by atoms with van der Waals surface area (Å²) in [5, 5.41) is 17.9. The summed E-state index contributed by atoms with van der Waals surface area (Å²) in [7, 11) is 0. The first kappa shape index (κ1) is 15.7. The van der Waals surface area contributed by atoms with E-state index < -0.39 is 11.0 Å². The summed E-state index contributed by atoms with van der Waals surface area (Å²) < 4.78 is 1.40. The molecule has 0 saturated heterocycles. The van der Waals surface area contributed by atoms with Crippen LogP contribution in [0.3, 0.4) is 0 Å². The average molecular weight is 302 g/mol. The smallest absolute Gasteiger partial charge is 0.312 e. The molecule has 0 radical (unpaired) electrons. The van der Waals surface area contributed by atoms with Crippen LogP contribution in [0.1, 0.15) is 29.9 Å². The molecule has 22 heavy (non-hydrogen) atoms. The molecule has 0 aliphatic rings. The van der Waals surface area contributed by atoms with Crippen LogP contribution in [0.5, 0.6) is 0 Å². The van der Waals surface area contributed by atoms with Crippen molar-refractivity contribution in [2.75, 3.05) is 0 Å². The third kappa shape index (κ3) is 3.13. The van der Waals surface area contributed by atoms with E-state index in [4.69, 9.17) is 0 Å². The molecule has 0 bridgehead atoms. The van der Waals surface area contributed by atoms with Crippen molar-refractivity contribution in [2.24, 2.45) is 0 Å². The zero-order valence-corrected chi connectivity index (χ0v) is 12.7. The lowest BCUT2D eigenvalue weighted by Crippen LogP contribution is -2.31. The van der Waals surface area contributed by atoms with Gasteiger partial charge >= 0.3 is 5.69 Å². The quantitative estimate of drug-likeness (QED) is 0.677. The first-order valence-corrected chi connectivity index (χ1v) is 6.93. The van der Waals surface area contributed by atoms with Crippen LogP contribution >= 0.6 is 0 Å². The number of aromatic nitrogens is 2. The van der Waals surface area contributed by atoms with Gasteiger partial charge in [-0.2, -0.15) is 5.10 Å². The number of nitrogens with zero attached hydrogens (tertiary/aromatic N) is 3. The maximum Gasteiger partial charge on any atom is 0.312 e. The Labute approximate surface area is 128 Å². The van der Waals surface area contributed by atoms with E-state index in [-0.39, 0.29) is 11.6 Å². The lowest BCUT2D eigenvalue weighted by Gasteiger charge is -2.14. The molecule has 2 rings (SSSR count). The number of nitro groups is 1. The fraction of sp³-hybridized carbons (Fsp3) is 0.333. The van der Waals surface area contributed by atoms with Gasteiger partial charge < -0.3 is 5.32 Å². The second kappa shape index (κ2) is 6.38. The van der Waals surface area contributed by atoms with Crippen molar-refractivity contribution < 1.29 is 9.72 Å². The van der Waals surface area contributed by atoms with Crippen LogP contribution in [0, 0.1) is 24.0 Å². The zero-order valence-electron chi connectivity index (χ0n) is 12.7. The highest BCUT2D eigenvalue weighted by Crippen LogP contribution is 2.24. The first-order chi connectivity index (χ1) is 10.4. The van der Waals surface area contributed by atoms with Crippen molar-refractivity contribution in [3.05, 3.63) is 57.4 Å². The number of benzene rings is 1. The lowest BCUT2D eigenvalue weighted by molar-refractivity contribution is -0.386. The fourth-order valence-corrected chi connectivity index (χ4v) is 2.34. The van der Waals surface area contributed by atoms with E-state index in [1.165, 1.54) is 4.68 Å². The highest BCUT2D eigenvalue weighted by Gasteiger charge is 2.26. The molecule has 0 spiro atoms. The van der Waals surface area contributed by atoms with E-state index in [0.717, 1.165) is 5.56 Å². The van der Waals surface area contributed by atoms with E-state index in [1.807, 2.05) is 30.3 Å². The van der Waals surface area contributed by atoms with Gasteiger partial charge in [-0.05, 0) is 26.3 Å². The summed E-state index contributed by atoms with van der Waals surface area (Å²) in [6.07, 6.45) is 0.